The van der Waals surface area contributed by atoms with Crippen molar-refractivity contribution in [2.45, 2.75) is 6.42 Å². The number of ether oxygens (including phenoxy) is 2. The minimum atomic E-state index is -0.550. The average Bonchev–Trinajstić information content (AvgIpc) is 2.16. The van der Waals surface area contributed by atoms with Crippen molar-refractivity contribution in [3.05, 3.63) is 12.2 Å². The van der Waals surface area contributed by atoms with Crippen LogP contribution in [0.5, 0.6) is 0 Å². The van der Waals surface area contributed by atoms with Crippen molar-refractivity contribution in [1.29, 1.82) is 0 Å². The van der Waals surface area contributed by atoms with Crippen LogP contribution in [0, 0.1) is 0 Å². The minimum absolute atomic E-state index is 0.124. The largest absolute Gasteiger partial charge is 0.396 e. The SMILES string of the molecule is C=C(COCCOCCCO)C(N)=O. The first-order chi connectivity index (χ1) is 6.68. The standard InChI is InChI=1S/C9H17NO4/c1-8(9(10)12)7-14-6-5-13-4-2-3-11/h11H,1-7H2,(H2,10,12). The lowest BCUT2D eigenvalue weighted by Crippen LogP contribution is -2.18. The number of aliphatic hydroxyl groups excluding tert-OH is 1. The average molecular weight is 203 g/mol. The van der Waals surface area contributed by atoms with E-state index < -0.39 is 5.91 Å². The number of hydrogen-bond acceptors (Lipinski definition) is 4. The summed E-state index contributed by atoms with van der Waals surface area (Å²) < 4.78 is 10.1. The highest BCUT2D eigenvalue weighted by atomic mass is 16.5. The van der Waals surface area contributed by atoms with E-state index >= 15 is 0 Å². The highest BCUT2D eigenvalue weighted by Gasteiger charge is 2.00. The molecule has 0 aliphatic heterocycles. The van der Waals surface area contributed by atoms with Gasteiger partial charge in [-0.15, -0.1) is 0 Å². The highest BCUT2D eigenvalue weighted by molar-refractivity contribution is 5.91. The summed E-state index contributed by atoms with van der Waals surface area (Å²) in [6.45, 7) is 5.02. The number of hydrogen-bond donors (Lipinski definition) is 2. The van der Waals surface area contributed by atoms with Gasteiger partial charge >= 0.3 is 0 Å². The van der Waals surface area contributed by atoms with E-state index in [1.54, 1.807) is 0 Å². The van der Waals surface area contributed by atoms with Gasteiger partial charge in [-0.2, -0.15) is 0 Å². The Morgan fingerprint density at radius 3 is 2.50 bits per heavy atom. The Kier molecular flexibility index (Phi) is 8.11. The Hall–Kier alpha value is -0.910. The maximum Gasteiger partial charge on any atom is 0.246 e. The number of carbonyl (C=O) groups excluding carboxylic acids is 1. The lowest BCUT2D eigenvalue weighted by molar-refractivity contribution is -0.115. The van der Waals surface area contributed by atoms with Gasteiger partial charge in [0, 0.05) is 18.8 Å². The fourth-order valence-electron chi connectivity index (χ4n) is 0.653. The van der Waals surface area contributed by atoms with Crippen molar-refractivity contribution in [3.63, 3.8) is 0 Å². The third-order valence-corrected chi connectivity index (χ3v) is 1.44. The van der Waals surface area contributed by atoms with Crippen molar-refractivity contribution in [2.24, 2.45) is 5.73 Å². The molecule has 14 heavy (non-hydrogen) atoms. The molecule has 0 heterocycles. The van der Waals surface area contributed by atoms with E-state index in [9.17, 15) is 4.79 Å². The molecule has 0 aromatic heterocycles. The normalized spacial score (nSPS) is 10.1. The summed E-state index contributed by atoms with van der Waals surface area (Å²) in [4.78, 5) is 10.5. The second-order valence-corrected chi connectivity index (χ2v) is 2.71. The summed E-state index contributed by atoms with van der Waals surface area (Å²) in [6, 6.07) is 0. The number of aliphatic hydroxyl groups is 1. The van der Waals surface area contributed by atoms with E-state index in [1.807, 2.05) is 0 Å². The van der Waals surface area contributed by atoms with Gasteiger partial charge in [0.05, 0.1) is 19.8 Å². The Bertz CT molecular complexity index is 182. The molecule has 0 unspecified atom stereocenters. The Morgan fingerprint density at radius 2 is 1.93 bits per heavy atom. The van der Waals surface area contributed by atoms with Gasteiger partial charge in [-0.25, -0.2) is 0 Å². The molecule has 0 saturated carbocycles. The third kappa shape index (κ3) is 7.72. The fraction of sp³-hybridized carbons (Fsp3) is 0.667. The number of carbonyl (C=O) groups is 1. The molecule has 0 rings (SSSR count). The van der Waals surface area contributed by atoms with Crippen LogP contribution in [0.3, 0.4) is 0 Å². The summed E-state index contributed by atoms with van der Waals surface area (Å²) in [5.74, 6) is -0.550. The molecule has 0 aliphatic rings. The molecule has 0 aromatic rings. The first-order valence-electron chi connectivity index (χ1n) is 4.42. The summed E-state index contributed by atoms with van der Waals surface area (Å²) in [6.07, 6.45) is 0.619. The molecule has 0 atom stereocenters. The molecule has 0 fully saturated rings. The molecule has 0 aromatic carbocycles. The van der Waals surface area contributed by atoms with Gasteiger partial charge in [-0.05, 0) is 6.42 Å². The third-order valence-electron chi connectivity index (χ3n) is 1.44. The zero-order chi connectivity index (χ0) is 10.8. The van der Waals surface area contributed by atoms with E-state index in [-0.39, 0.29) is 18.8 Å². The Balaban J connectivity index is 3.13. The number of amides is 1. The minimum Gasteiger partial charge on any atom is -0.396 e. The monoisotopic (exact) mass is 203 g/mol. The molecule has 3 N–H and O–H groups in total. The molecule has 0 bridgehead atoms. The summed E-state index contributed by atoms with van der Waals surface area (Å²) >= 11 is 0. The topological polar surface area (TPSA) is 81.8 Å². The van der Waals surface area contributed by atoms with Gasteiger partial charge in [-0.1, -0.05) is 6.58 Å². The van der Waals surface area contributed by atoms with Crippen LogP contribution in [-0.4, -0.2) is 44.0 Å². The summed E-state index contributed by atoms with van der Waals surface area (Å²) in [5, 5.41) is 8.43. The van der Waals surface area contributed by atoms with Crippen molar-refractivity contribution in [2.75, 3.05) is 33.0 Å². The van der Waals surface area contributed by atoms with Crippen LogP contribution in [0.1, 0.15) is 6.42 Å². The van der Waals surface area contributed by atoms with Gasteiger partial charge in [0.1, 0.15) is 0 Å². The highest BCUT2D eigenvalue weighted by Crippen LogP contribution is 1.90. The molecule has 0 saturated heterocycles. The maximum absolute atomic E-state index is 10.5. The van der Waals surface area contributed by atoms with Gasteiger partial charge in [0.2, 0.25) is 5.91 Å². The maximum atomic E-state index is 10.5. The van der Waals surface area contributed by atoms with Crippen LogP contribution in [0.15, 0.2) is 12.2 Å². The number of primary amides is 1. The lowest BCUT2D eigenvalue weighted by Gasteiger charge is -2.05. The molecule has 5 heteroatoms. The zero-order valence-electron chi connectivity index (χ0n) is 8.20. The van der Waals surface area contributed by atoms with Crippen molar-refractivity contribution in [1.82, 2.24) is 0 Å². The predicted octanol–water partition coefficient (Wildman–Crippen LogP) is -0.556. The van der Waals surface area contributed by atoms with Crippen LogP contribution >= 0.6 is 0 Å². The zero-order valence-corrected chi connectivity index (χ0v) is 8.20. The predicted molar refractivity (Wildman–Crippen MR) is 51.7 cm³/mol. The van der Waals surface area contributed by atoms with Gasteiger partial charge in [0.15, 0.2) is 0 Å². The van der Waals surface area contributed by atoms with E-state index in [2.05, 4.69) is 6.58 Å². The number of rotatable bonds is 9. The van der Waals surface area contributed by atoms with Gasteiger partial charge in [-0.3, -0.25) is 4.79 Å². The van der Waals surface area contributed by atoms with Crippen LogP contribution in [0.4, 0.5) is 0 Å². The molecule has 0 spiro atoms. The van der Waals surface area contributed by atoms with Crippen LogP contribution in [0.2, 0.25) is 0 Å². The van der Waals surface area contributed by atoms with Crippen molar-refractivity contribution >= 4 is 5.91 Å². The Morgan fingerprint density at radius 1 is 1.29 bits per heavy atom. The number of nitrogens with two attached hydrogens (primary N) is 1. The molecule has 0 radical (unpaired) electrons. The van der Waals surface area contributed by atoms with Gasteiger partial charge in [0.25, 0.3) is 0 Å². The first-order valence-corrected chi connectivity index (χ1v) is 4.42. The van der Waals surface area contributed by atoms with Crippen LogP contribution in [0.25, 0.3) is 0 Å². The lowest BCUT2D eigenvalue weighted by atomic mass is 10.3. The van der Waals surface area contributed by atoms with E-state index in [4.69, 9.17) is 20.3 Å². The van der Waals surface area contributed by atoms with Crippen molar-refractivity contribution < 1.29 is 19.4 Å². The molecule has 1 amide bonds. The second-order valence-electron chi connectivity index (χ2n) is 2.71. The Labute approximate surface area is 83.5 Å². The van der Waals surface area contributed by atoms with E-state index in [0.717, 1.165) is 0 Å². The second kappa shape index (κ2) is 8.68. The smallest absolute Gasteiger partial charge is 0.246 e. The van der Waals surface area contributed by atoms with E-state index in [1.165, 1.54) is 0 Å². The van der Waals surface area contributed by atoms with Crippen molar-refractivity contribution in [3.8, 4) is 0 Å². The van der Waals surface area contributed by atoms with Crippen LogP contribution in [-0.2, 0) is 14.3 Å². The fourth-order valence-corrected chi connectivity index (χ4v) is 0.653. The first kappa shape index (κ1) is 13.1. The van der Waals surface area contributed by atoms with E-state index in [0.29, 0.717) is 26.2 Å². The van der Waals surface area contributed by atoms with Crippen LogP contribution < -0.4 is 5.73 Å². The molecule has 82 valence electrons. The molecule has 0 aliphatic carbocycles. The van der Waals surface area contributed by atoms with Gasteiger partial charge < -0.3 is 20.3 Å². The molecular weight excluding hydrogens is 186 g/mol. The summed E-state index contributed by atoms with van der Waals surface area (Å²) in [7, 11) is 0. The molecule has 5 nitrogen and oxygen atoms in total. The molecular formula is C9H17NO4. The summed E-state index contributed by atoms with van der Waals surface area (Å²) in [5.41, 5.74) is 5.19. The quantitative estimate of drug-likeness (QED) is 0.389.